The summed E-state index contributed by atoms with van der Waals surface area (Å²) in [6.07, 6.45) is 1.69. The number of hydrogen-bond donors (Lipinski definition) is 0. The van der Waals surface area contributed by atoms with E-state index in [0.717, 1.165) is 24.7 Å². The van der Waals surface area contributed by atoms with Crippen molar-refractivity contribution in [2.24, 2.45) is 0 Å². The van der Waals surface area contributed by atoms with Gasteiger partial charge in [0.1, 0.15) is 5.76 Å². The van der Waals surface area contributed by atoms with Gasteiger partial charge in [0.25, 0.3) is 0 Å². The first kappa shape index (κ1) is 13.8. The minimum Gasteiger partial charge on any atom is -0.468 e. The maximum atomic E-state index is 5.39. The monoisotopic (exact) mass is 263 g/mol. The van der Waals surface area contributed by atoms with Crippen LogP contribution in [0.1, 0.15) is 57.1 Å². The Hall–Kier alpha value is -1.62. The van der Waals surface area contributed by atoms with Crippen molar-refractivity contribution >= 4 is 0 Å². The summed E-state index contributed by atoms with van der Waals surface area (Å²) in [6, 6.07) is 3.95. The van der Waals surface area contributed by atoms with E-state index in [9.17, 15) is 0 Å². The molecule has 2 rings (SSSR count). The van der Waals surface area contributed by atoms with E-state index in [0.29, 0.717) is 5.89 Å². The Labute approximate surface area is 113 Å². The van der Waals surface area contributed by atoms with Gasteiger partial charge in [-0.3, -0.25) is 4.90 Å². The van der Waals surface area contributed by atoms with Crippen LogP contribution in [0.3, 0.4) is 0 Å². The minimum absolute atomic E-state index is 0.0788. The second kappa shape index (κ2) is 6.02. The highest BCUT2D eigenvalue weighted by molar-refractivity contribution is 5.00. The first-order chi connectivity index (χ1) is 9.11. The zero-order chi connectivity index (χ0) is 13.8. The standard InChI is InChI=1S/C14H21N3O2/c1-5-17(9-12-7-6-8-18-12)11(4)14-15-13(10(2)3)16-19-14/h6-8,10-11H,5,9H2,1-4H3/t11-/m0/s1. The van der Waals surface area contributed by atoms with Crippen LogP contribution in [0.4, 0.5) is 0 Å². The van der Waals surface area contributed by atoms with E-state index >= 15 is 0 Å². The fraction of sp³-hybridized carbons (Fsp3) is 0.571. The van der Waals surface area contributed by atoms with Crippen molar-refractivity contribution in [1.29, 1.82) is 0 Å². The van der Waals surface area contributed by atoms with Crippen molar-refractivity contribution in [2.45, 2.75) is 46.2 Å². The SMILES string of the molecule is CCN(Cc1ccco1)[C@@H](C)c1nc(C(C)C)no1. The van der Waals surface area contributed by atoms with Gasteiger partial charge in [-0.1, -0.05) is 25.9 Å². The summed E-state index contributed by atoms with van der Waals surface area (Å²) in [7, 11) is 0. The molecule has 0 radical (unpaired) electrons. The molecule has 2 aromatic rings. The molecule has 0 unspecified atom stereocenters. The summed E-state index contributed by atoms with van der Waals surface area (Å²) in [4.78, 5) is 6.69. The molecule has 0 saturated heterocycles. The van der Waals surface area contributed by atoms with E-state index in [1.54, 1.807) is 6.26 Å². The molecule has 104 valence electrons. The first-order valence-corrected chi connectivity index (χ1v) is 6.71. The van der Waals surface area contributed by atoms with E-state index in [4.69, 9.17) is 8.94 Å². The van der Waals surface area contributed by atoms with Crippen LogP contribution >= 0.6 is 0 Å². The third kappa shape index (κ3) is 3.23. The smallest absolute Gasteiger partial charge is 0.243 e. The Morgan fingerprint density at radius 2 is 2.11 bits per heavy atom. The zero-order valence-corrected chi connectivity index (χ0v) is 12.0. The first-order valence-electron chi connectivity index (χ1n) is 6.71. The number of rotatable bonds is 6. The number of hydrogen-bond acceptors (Lipinski definition) is 5. The normalized spacial score (nSPS) is 13.4. The Kier molecular flexibility index (Phi) is 4.37. The third-order valence-electron chi connectivity index (χ3n) is 3.22. The summed E-state index contributed by atoms with van der Waals surface area (Å²) >= 11 is 0. The summed E-state index contributed by atoms with van der Waals surface area (Å²) in [6.45, 7) is 9.92. The van der Waals surface area contributed by atoms with E-state index in [1.165, 1.54) is 0 Å². The molecule has 5 heteroatoms. The molecule has 0 aliphatic carbocycles. The molecule has 0 spiro atoms. The fourth-order valence-electron chi connectivity index (χ4n) is 1.93. The molecule has 0 aromatic carbocycles. The van der Waals surface area contributed by atoms with Gasteiger partial charge in [0.05, 0.1) is 18.8 Å². The molecule has 2 heterocycles. The second-order valence-electron chi connectivity index (χ2n) is 4.96. The molecule has 1 atom stereocenters. The highest BCUT2D eigenvalue weighted by Crippen LogP contribution is 2.22. The van der Waals surface area contributed by atoms with Gasteiger partial charge in [-0.25, -0.2) is 0 Å². The molecule has 0 aliphatic heterocycles. The summed E-state index contributed by atoms with van der Waals surface area (Å²) in [5.74, 6) is 2.65. The number of furan rings is 1. The molecule has 0 N–H and O–H groups in total. The summed E-state index contributed by atoms with van der Waals surface area (Å²) in [5, 5.41) is 4.01. The molecule has 0 saturated carbocycles. The van der Waals surface area contributed by atoms with Crippen LogP contribution in [0.2, 0.25) is 0 Å². The van der Waals surface area contributed by atoms with Gasteiger partial charge in [0.2, 0.25) is 5.89 Å². The lowest BCUT2D eigenvalue weighted by Crippen LogP contribution is -2.26. The molecule has 0 amide bonds. The highest BCUT2D eigenvalue weighted by atomic mass is 16.5. The van der Waals surface area contributed by atoms with Crippen LogP contribution in [0, 0.1) is 0 Å². The summed E-state index contributed by atoms with van der Waals surface area (Å²) < 4.78 is 10.7. The average Bonchev–Trinajstić information content (AvgIpc) is 3.06. The molecule has 2 aromatic heterocycles. The van der Waals surface area contributed by atoms with E-state index < -0.39 is 0 Å². The van der Waals surface area contributed by atoms with Crippen molar-refractivity contribution in [3.63, 3.8) is 0 Å². The van der Waals surface area contributed by atoms with Crippen molar-refractivity contribution in [2.75, 3.05) is 6.54 Å². The zero-order valence-electron chi connectivity index (χ0n) is 12.0. The van der Waals surface area contributed by atoms with Gasteiger partial charge in [-0.05, 0) is 25.6 Å². The fourth-order valence-corrected chi connectivity index (χ4v) is 1.93. The van der Waals surface area contributed by atoms with Crippen molar-refractivity contribution in [1.82, 2.24) is 15.0 Å². The van der Waals surface area contributed by atoms with Crippen LogP contribution in [-0.4, -0.2) is 21.6 Å². The van der Waals surface area contributed by atoms with Crippen molar-refractivity contribution < 1.29 is 8.94 Å². The maximum absolute atomic E-state index is 5.39. The Balaban J connectivity index is 2.08. The Bertz CT molecular complexity index is 491. The molecule has 0 bridgehead atoms. The lowest BCUT2D eigenvalue weighted by molar-refractivity contribution is 0.162. The van der Waals surface area contributed by atoms with Crippen LogP contribution in [0.25, 0.3) is 0 Å². The van der Waals surface area contributed by atoms with Gasteiger partial charge < -0.3 is 8.94 Å². The lowest BCUT2D eigenvalue weighted by atomic mass is 10.2. The Morgan fingerprint density at radius 3 is 2.63 bits per heavy atom. The molecule has 19 heavy (non-hydrogen) atoms. The van der Waals surface area contributed by atoms with E-state index in [-0.39, 0.29) is 12.0 Å². The topological polar surface area (TPSA) is 55.3 Å². The molecule has 0 aliphatic rings. The highest BCUT2D eigenvalue weighted by Gasteiger charge is 2.22. The van der Waals surface area contributed by atoms with Gasteiger partial charge in [0, 0.05) is 5.92 Å². The largest absolute Gasteiger partial charge is 0.468 e. The van der Waals surface area contributed by atoms with Gasteiger partial charge >= 0.3 is 0 Å². The van der Waals surface area contributed by atoms with Gasteiger partial charge in [-0.2, -0.15) is 4.98 Å². The molecule has 5 nitrogen and oxygen atoms in total. The molecular weight excluding hydrogens is 242 g/mol. The quantitative estimate of drug-likeness (QED) is 0.799. The second-order valence-corrected chi connectivity index (χ2v) is 4.96. The average molecular weight is 263 g/mol. The van der Waals surface area contributed by atoms with E-state index in [1.807, 2.05) is 12.1 Å². The van der Waals surface area contributed by atoms with Crippen LogP contribution < -0.4 is 0 Å². The van der Waals surface area contributed by atoms with Crippen molar-refractivity contribution in [3.05, 3.63) is 35.9 Å². The number of aromatic nitrogens is 2. The molecular formula is C14H21N3O2. The van der Waals surface area contributed by atoms with Crippen LogP contribution in [0.15, 0.2) is 27.3 Å². The van der Waals surface area contributed by atoms with Gasteiger partial charge in [-0.15, -0.1) is 0 Å². The third-order valence-corrected chi connectivity index (χ3v) is 3.22. The molecule has 0 fully saturated rings. The minimum atomic E-state index is 0.0788. The summed E-state index contributed by atoms with van der Waals surface area (Å²) in [5.41, 5.74) is 0. The predicted molar refractivity (Wildman–Crippen MR) is 71.6 cm³/mol. The van der Waals surface area contributed by atoms with Crippen LogP contribution in [-0.2, 0) is 6.54 Å². The lowest BCUT2D eigenvalue weighted by Gasteiger charge is -2.23. The van der Waals surface area contributed by atoms with Gasteiger partial charge in [0.15, 0.2) is 5.82 Å². The predicted octanol–water partition coefficient (Wildman–Crippen LogP) is 3.37. The van der Waals surface area contributed by atoms with Crippen LogP contribution in [0.5, 0.6) is 0 Å². The number of nitrogens with zero attached hydrogens (tertiary/aromatic N) is 3. The Morgan fingerprint density at radius 1 is 1.32 bits per heavy atom. The van der Waals surface area contributed by atoms with E-state index in [2.05, 4.69) is 42.7 Å². The van der Waals surface area contributed by atoms with Crippen molar-refractivity contribution in [3.8, 4) is 0 Å². The maximum Gasteiger partial charge on any atom is 0.243 e.